The Hall–Kier alpha value is -4.26. The van der Waals surface area contributed by atoms with Crippen LogP contribution in [0.1, 0.15) is 47.3 Å². The highest BCUT2D eigenvalue weighted by Crippen LogP contribution is 2.36. The quantitative estimate of drug-likeness (QED) is 0.612. The van der Waals surface area contributed by atoms with Gasteiger partial charge in [0, 0.05) is 49.5 Å². The van der Waals surface area contributed by atoms with Crippen LogP contribution in [-0.2, 0) is 18.4 Å². The molecule has 1 unspecified atom stereocenters. The van der Waals surface area contributed by atoms with Gasteiger partial charge in [-0.25, -0.2) is 9.37 Å². The van der Waals surface area contributed by atoms with Gasteiger partial charge in [0.05, 0.1) is 12.2 Å². The van der Waals surface area contributed by atoms with Crippen molar-refractivity contribution in [1.29, 1.82) is 5.26 Å². The Kier molecular flexibility index (Phi) is 5.55. The van der Waals surface area contributed by atoms with Crippen LogP contribution in [0.4, 0.5) is 10.2 Å². The number of carbonyl (C=O) groups excluding carboxylic acids is 2. The molecule has 1 aromatic carbocycles. The van der Waals surface area contributed by atoms with Crippen LogP contribution in [0.25, 0.3) is 11.1 Å². The Labute approximate surface area is 189 Å². The number of fused-ring (bicyclic) bond motifs is 5. The van der Waals surface area contributed by atoms with E-state index in [0.717, 1.165) is 0 Å². The van der Waals surface area contributed by atoms with Crippen LogP contribution in [0.2, 0.25) is 0 Å². The summed E-state index contributed by atoms with van der Waals surface area (Å²) in [4.78, 5) is 30.8. The van der Waals surface area contributed by atoms with Crippen LogP contribution in [0.15, 0.2) is 30.5 Å². The normalized spacial score (nSPS) is 15.3. The van der Waals surface area contributed by atoms with Gasteiger partial charge < -0.3 is 15.0 Å². The van der Waals surface area contributed by atoms with Crippen molar-refractivity contribution in [2.75, 3.05) is 12.4 Å². The number of aromatic nitrogens is 3. The number of hydrogen-bond acceptors (Lipinski definition) is 6. The Bertz CT molecular complexity index is 1330. The van der Waals surface area contributed by atoms with Gasteiger partial charge in [0.1, 0.15) is 23.7 Å². The largest absolute Gasteiger partial charge is 0.482 e. The highest BCUT2D eigenvalue weighted by Gasteiger charge is 2.27. The topological polar surface area (TPSA) is 113 Å². The summed E-state index contributed by atoms with van der Waals surface area (Å²) in [6.45, 7) is 3.13. The first-order chi connectivity index (χ1) is 15.7. The summed E-state index contributed by atoms with van der Waals surface area (Å²) >= 11 is 0. The molecule has 1 N–H and O–H groups in total. The number of anilines is 1. The van der Waals surface area contributed by atoms with E-state index in [9.17, 15) is 19.2 Å². The SMILES string of the molecule is CC(=O)Nc1ncc2cc1OC(C)c1cc(F)ccc1C(=O)N(C)Cc1nn(C)c(C#N)c1-2. The van der Waals surface area contributed by atoms with Gasteiger partial charge >= 0.3 is 0 Å². The van der Waals surface area contributed by atoms with Gasteiger partial charge in [-0.2, -0.15) is 10.4 Å². The average molecular weight is 448 g/mol. The van der Waals surface area contributed by atoms with Crippen LogP contribution in [0.5, 0.6) is 5.75 Å². The molecule has 1 aliphatic heterocycles. The number of nitriles is 1. The lowest BCUT2D eigenvalue weighted by Gasteiger charge is -2.24. The van der Waals surface area contributed by atoms with E-state index < -0.39 is 11.9 Å². The van der Waals surface area contributed by atoms with Gasteiger partial charge in [-0.05, 0) is 31.2 Å². The minimum Gasteiger partial charge on any atom is -0.482 e. The highest BCUT2D eigenvalue weighted by molar-refractivity contribution is 5.96. The standard InChI is InChI=1S/C23H21FN6O3/c1-12-17-8-15(24)5-6-16(17)23(32)29(3)11-18-21(19(9-25)30(4)28-18)14-7-20(33-12)22(26-10-14)27-13(2)31/h5-8,10,12H,11H2,1-4H3,(H,26,27,31). The van der Waals surface area contributed by atoms with Crippen molar-refractivity contribution < 1.29 is 18.7 Å². The Balaban J connectivity index is 1.99. The molecule has 0 spiro atoms. The van der Waals surface area contributed by atoms with E-state index in [0.29, 0.717) is 28.1 Å². The van der Waals surface area contributed by atoms with Crippen molar-refractivity contribution >= 4 is 17.6 Å². The van der Waals surface area contributed by atoms with Gasteiger partial charge in [-0.3, -0.25) is 14.3 Å². The zero-order valence-electron chi connectivity index (χ0n) is 18.5. The number of ether oxygens (including phenoxy) is 1. The van der Waals surface area contributed by atoms with E-state index in [1.807, 2.05) is 0 Å². The molecule has 1 atom stereocenters. The van der Waals surface area contributed by atoms with E-state index in [1.165, 1.54) is 40.9 Å². The molecule has 0 fully saturated rings. The molecular formula is C23H21FN6O3. The number of halogens is 1. The van der Waals surface area contributed by atoms with Gasteiger partial charge in [0.2, 0.25) is 5.91 Å². The lowest BCUT2D eigenvalue weighted by Crippen LogP contribution is -2.28. The van der Waals surface area contributed by atoms with Crippen molar-refractivity contribution in [2.45, 2.75) is 26.5 Å². The predicted molar refractivity (Wildman–Crippen MR) is 117 cm³/mol. The lowest BCUT2D eigenvalue weighted by molar-refractivity contribution is -0.114. The van der Waals surface area contributed by atoms with Gasteiger partial charge in [0.25, 0.3) is 5.91 Å². The molecule has 3 aromatic rings. The molecule has 168 valence electrons. The van der Waals surface area contributed by atoms with Crippen molar-refractivity contribution in [3.8, 4) is 22.9 Å². The fourth-order valence-electron chi connectivity index (χ4n) is 3.87. The fraction of sp³-hybridized carbons (Fsp3) is 0.261. The van der Waals surface area contributed by atoms with Crippen molar-refractivity contribution in [3.63, 3.8) is 0 Å². The summed E-state index contributed by atoms with van der Waals surface area (Å²) in [6, 6.07) is 7.68. The van der Waals surface area contributed by atoms with E-state index >= 15 is 0 Å². The molecule has 9 nitrogen and oxygen atoms in total. The van der Waals surface area contributed by atoms with Gasteiger partial charge in [-0.1, -0.05) is 0 Å². The maximum atomic E-state index is 14.1. The molecule has 0 aliphatic carbocycles. The molecule has 3 heterocycles. The molecule has 10 heteroatoms. The molecule has 0 saturated carbocycles. The summed E-state index contributed by atoms with van der Waals surface area (Å²) < 4.78 is 21.6. The Morgan fingerprint density at radius 2 is 2.09 bits per heavy atom. The van der Waals surface area contributed by atoms with E-state index in [4.69, 9.17) is 4.74 Å². The molecule has 33 heavy (non-hydrogen) atoms. The second kappa shape index (κ2) is 8.35. The fourth-order valence-corrected chi connectivity index (χ4v) is 3.87. The highest BCUT2D eigenvalue weighted by atomic mass is 19.1. The van der Waals surface area contributed by atoms with Crippen LogP contribution in [-0.4, -0.2) is 38.5 Å². The Morgan fingerprint density at radius 3 is 2.79 bits per heavy atom. The minimum absolute atomic E-state index is 0.110. The van der Waals surface area contributed by atoms with E-state index in [2.05, 4.69) is 21.5 Å². The predicted octanol–water partition coefficient (Wildman–Crippen LogP) is 3.18. The third kappa shape index (κ3) is 4.01. The summed E-state index contributed by atoms with van der Waals surface area (Å²) in [5.41, 5.74) is 2.45. The molecule has 1 aliphatic rings. The number of nitrogens with one attached hydrogen (secondary N) is 1. The molecule has 0 radical (unpaired) electrons. The number of benzene rings is 1. The zero-order chi connectivity index (χ0) is 23.9. The van der Waals surface area contributed by atoms with Crippen molar-refractivity contribution in [1.82, 2.24) is 19.7 Å². The molecular weight excluding hydrogens is 427 g/mol. The third-order valence-electron chi connectivity index (χ3n) is 5.38. The first kappa shape index (κ1) is 22.0. The maximum absolute atomic E-state index is 14.1. The first-order valence-corrected chi connectivity index (χ1v) is 10.1. The number of aryl methyl sites for hydroxylation is 1. The number of rotatable bonds is 1. The lowest BCUT2D eigenvalue weighted by atomic mass is 10.00. The number of carbonyl (C=O) groups is 2. The maximum Gasteiger partial charge on any atom is 0.254 e. The van der Waals surface area contributed by atoms with Gasteiger partial charge in [0.15, 0.2) is 11.6 Å². The second-order valence-electron chi connectivity index (χ2n) is 7.81. The minimum atomic E-state index is -0.749. The number of pyridine rings is 1. The van der Waals surface area contributed by atoms with Crippen LogP contribution >= 0.6 is 0 Å². The molecule has 2 aromatic heterocycles. The molecule has 4 rings (SSSR count). The Morgan fingerprint density at radius 1 is 1.33 bits per heavy atom. The number of nitrogens with zero attached hydrogens (tertiary/aromatic N) is 5. The zero-order valence-corrected chi connectivity index (χ0v) is 18.5. The smallest absolute Gasteiger partial charge is 0.254 e. The third-order valence-corrected chi connectivity index (χ3v) is 5.38. The molecule has 2 amide bonds. The second-order valence-corrected chi connectivity index (χ2v) is 7.81. The first-order valence-electron chi connectivity index (χ1n) is 10.1. The monoisotopic (exact) mass is 448 g/mol. The van der Waals surface area contributed by atoms with Gasteiger partial charge in [-0.15, -0.1) is 0 Å². The van der Waals surface area contributed by atoms with Crippen LogP contribution < -0.4 is 10.1 Å². The summed E-state index contributed by atoms with van der Waals surface area (Å²) in [7, 11) is 3.25. The van der Waals surface area contributed by atoms with E-state index in [-0.39, 0.29) is 35.5 Å². The molecule has 0 saturated heterocycles. The summed E-state index contributed by atoms with van der Waals surface area (Å²) in [5.74, 6) is -0.825. The van der Waals surface area contributed by atoms with Crippen molar-refractivity contribution in [3.05, 3.63) is 58.8 Å². The van der Waals surface area contributed by atoms with E-state index in [1.54, 1.807) is 27.1 Å². The summed E-state index contributed by atoms with van der Waals surface area (Å²) in [6.07, 6.45) is 0.756. The number of amides is 2. The summed E-state index contributed by atoms with van der Waals surface area (Å²) in [5, 5.41) is 16.8. The number of hydrogen-bond donors (Lipinski definition) is 1. The molecule has 2 bridgehead atoms. The average Bonchev–Trinajstić information content (AvgIpc) is 3.07. The van der Waals surface area contributed by atoms with Crippen molar-refractivity contribution in [2.24, 2.45) is 7.05 Å². The van der Waals surface area contributed by atoms with Crippen LogP contribution in [0.3, 0.4) is 0 Å². The van der Waals surface area contributed by atoms with Crippen LogP contribution in [0, 0.1) is 17.1 Å².